The van der Waals surface area contributed by atoms with E-state index in [1.54, 1.807) is 0 Å². The first-order valence-corrected chi connectivity index (χ1v) is 30.9. The molecule has 0 amide bonds. The van der Waals surface area contributed by atoms with Crippen LogP contribution in [-0.4, -0.2) is 49.3 Å². The number of rotatable bonds is 55. The van der Waals surface area contributed by atoms with Gasteiger partial charge in [-0.05, 0) is 89.9 Å². The Morgan fingerprint density at radius 3 is 1.08 bits per heavy atom. The van der Waals surface area contributed by atoms with E-state index in [0.717, 1.165) is 77.0 Å². The van der Waals surface area contributed by atoms with Crippen molar-refractivity contribution >= 4 is 19.8 Å². The number of hydrogen-bond donors (Lipinski definition) is 2. The zero-order valence-corrected chi connectivity index (χ0v) is 46.8. The first-order chi connectivity index (χ1) is 34.8. The van der Waals surface area contributed by atoms with Crippen LogP contribution >= 0.6 is 7.82 Å². The fourth-order valence-electron chi connectivity index (χ4n) is 8.18. The molecule has 0 spiro atoms. The summed E-state index contributed by atoms with van der Waals surface area (Å²) in [6.45, 7) is 3.72. The molecule has 3 N–H and O–H groups in total. The van der Waals surface area contributed by atoms with Crippen LogP contribution in [0, 0.1) is 0 Å². The monoisotopic (exact) mass is 1020 g/mol. The van der Waals surface area contributed by atoms with Crippen LogP contribution in [-0.2, 0) is 32.7 Å². The van der Waals surface area contributed by atoms with E-state index >= 15 is 0 Å². The first-order valence-electron chi connectivity index (χ1n) is 29.4. The molecule has 0 rings (SSSR count). The standard InChI is InChI=1S/C61H110NO8P/c1-3-5-7-9-11-13-15-17-19-21-23-25-26-27-28-29-30-31-32-34-36-38-40-42-44-46-48-50-52-54-61(64)70-59(58-69-71(65,66)68-56-55-62)57-67-60(63)53-51-49-47-45-43-41-39-37-35-33-24-22-20-18-16-14-12-10-8-6-4-2/h15-18,21-24,26-27,35,37,59H,3-14,19-20,25,28-34,36,38-58,62H2,1-2H3,(H,65,66)/b17-15-,18-16-,23-21-,24-22-,27-26-,37-35-. The Hall–Kier alpha value is -2.55. The summed E-state index contributed by atoms with van der Waals surface area (Å²) < 4.78 is 33.0. The molecule has 412 valence electrons. The predicted molar refractivity (Wildman–Crippen MR) is 302 cm³/mol. The van der Waals surface area contributed by atoms with E-state index in [9.17, 15) is 19.0 Å². The quantitative estimate of drug-likeness (QED) is 0.0264. The molecule has 2 atom stereocenters. The fourth-order valence-corrected chi connectivity index (χ4v) is 8.95. The molecule has 0 radical (unpaired) electrons. The van der Waals surface area contributed by atoms with Gasteiger partial charge in [0.05, 0.1) is 13.2 Å². The Morgan fingerprint density at radius 2 is 0.732 bits per heavy atom. The number of esters is 2. The van der Waals surface area contributed by atoms with E-state index in [1.165, 1.54) is 161 Å². The smallest absolute Gasteiger partial charge is 0.462 e. The lowest BCUT2D eigenvalue weighted by molar-refractivity contribution is -0.161. The molecule has 0 aromatic carbocycles. The molecule has 0 bridgehead atoms. The van der Waals surface area contributed by atoms with Crippen molar-refractivity contribution in [3.05, 3.63) is 72.9 Å². The molecule has 0 saturated carbocycles. The van der Waals surface area contributed by atoms with E-state index in [0.29, 0.717) is 6.42 Å². The highest BCUT2D eigenvalue weighted by molar-refractivity contribution is 7.47. The predicted octanol–water partition coefficient (Wildman–Crippen LogP) is 18.5. The second-order valence-electron chi connectivity index (χ2n) is 19.5. The molecule has 0 saturated heterocycles. The van der Waals surface area contributed by atoms with Crippen LogP contribution in [0.5, 0.6) is 0 Å². The third-order valence-corrected chi connectivity index (χ3v) is 13.5. The maximum atomic E-state index is 12.7. The second kappa shape index (κ2) is 56.7. The number of unbranched alkanes of at least 4 members (excludes halogenated alkanes) is 30. The highest BCUT2D eigenvalue weighted by Crippen LogP contribution is 2.43. The largest absolute Gasteiger partial charge is 0.472 e. The fraction of sp³-hybridized carbons (Fsp3) is 0.770. The van der Waals surface area contributed by atoms with Crippen LogP contribution in [0.2, 0.25) is 0 Å². The lowest BCUT2D eigenvalue weighted by Gasteiger charge is -2.19. The minimum absolute atomic E-state index is 0.0490. The van der Waals surface area contributed by atoms with E-state index in [4.69, 9.17) is 24.3 Å². The molecule has 2 unspecified atom stereocenters. The van der Waals surface area contributed by atoms with Gasteiger partial charge in [-0.1, -0.05) is 241 Å². The molecule has 71 heavy (non-hydrogen) atoms. The first kappa shape index (κ1) is 68.5. The molecule has 10 heteroatoms. The van der Waals surface area contributed by atoms with E-state index < -0.39 is 32.5 Å². The highest BCUT2D eigenvalue weighted by Gasteiger charge is 2.26. The topological polar surface area (TPSA) is 134 Å². The van der Waals surface area contributed by atoms with E-state index in [-0.39, 0.29) is 32.6 Å². The normalized spacial score (nSPS) is 13.6. The van der Waals surface area contributed by atoms with Crippen LogP contribution in [0.3, 0.4) is 0 Å². The number of phosphoric ester groups is 1. The van der Waals surface area contributed by atoms with Crippen molar-refractivity contribution in [2.45, 2.75) is 277 Å². The van der Waals surface area contributed by atoms with Crippen LogP contribution in [0.15, 0.2) is 72.9 Å². The van der Waals surface area contributed by atoms with Gasteiger partial charge in [0.1, 0.15) is 6.61 Å². The van der Waals surface area contributed by atoms with E-state index in [1.807, 2.05) is 0 Å². The van der Waals surface area contributed by atoms with Crippen molar-refractivity contribution in [2.75, 3.05) is 26.4 Å². The molecule has 0 aliphatic rings. The molecule has 9 nitrogen and oxygen atoms in total. The van der Waals surface area contributed by atoms with Crippen LogP contribution in [0.25, 0.3) is 0 Å². The molecular weight excluding hydrogens is 906 g/mol. The maximum absolute atomic E-state index is 12.7. The molecule has 0 aromatic heterocycles. The van der Waals surface area contributed by atoms with Gasteiger partial charge < -0.3 is 20.1 Å². The summed E-state index contributed by atoms with van der Waals surface area (Å²) in [7, 11) is -4.39. The van der Waals surface area contributed by atoms with Gasteiger partial charge in [0.15, 0.2) is 6.10 Å². The van der Waals surface area contributed by atoms with Gasteiger partial charge in [0.25, 0.3) is 0 Å². The van der Waals surface area contributed by atoms with Crippen molar-refractivity contribution in [1.29, 1.82) is 0 Å². The Labute approximate surface area is 437 Å². The third kappa shape index (κ3) is 56.6. The molecular formula is C61H110NO8P. The number of phosphoric acid groups is 1. The molecule has 0 heterocycles. The summed E-state index contributed by atoms with van der Waals surface area (Å²) in [6.07, 6.45) is 72.4. The minimum atomic E-state index is -4.39. The van der Waals surface area contributed by atoms with Crippen molar-refractivity contribution in [1.82, 2.24) is 0 Å². The Balaban J connectivity index is 3.99. The summed E-state index contributed by atoms with van der Waals surface area (Å²) in [4.78, 5) is 35.2. The minimum Gasteiger partial charge on any atom is -0.462 e. The molecule has 0 fully saturated rings. The molecule has 0 aromatic rings. The maximum Gasteiger partial charge on any atom is 0.472 e. The van der Waals surface area contributed by atoms with Gasteiger partial charge >= 0.3 is 19.8 Å². The van der Waals surface area contributed by atoms with Crippen LogP contribution < -0.4 is 5.73 Å². The van der Waals surface area contributed by atoms with Gasteiger partial charge in [-0.2, -0.15) is 0 Å². The van der Waals surface area contributed by atoms with Crippen molar-refractivity contribution in [2.24, 2.45) is 5.73 Å². The van der Waals surface area contributed by atoms with E-state index in [2.05, 4.69) is 86.8 Å². The number of hydrogen-bond acceptors (Lipinski definition) is 8. The highest BCUT2D eigenvalue weighted by atomic mass is 31.2. The van der Waals surface area contributed by atoms with Gasteiger partial charge in [0, 0.05) is 19.4 Å². The molecule has 0 aliphatic heterocycles. The van der Waals surface area contributed by atoms with Crippen molar-refractivity contribution in [3.8, 4) is 0 Å². The lowest BCUT2D eigenvalue weighted by Crippen LogP contribution is -2.29. The number of ether oxygens (including phenoxy) is 2. The SMILES string of the molecule is CCCCCCC/C=C\C/C=C\C/C=C\CCCCCCCCCCCCCCCCC(=O)OC(COC(=O)CCCCCCCC/C=C\C/C=C\C/C=C\CCCCCCC)COP(=O)(O)OCCN. The Morgan fingerprint density at radius 1 is 0.423 bits per heavy atom. The average Bonchev–Trinajstić information content (AvgIpc) is 3.36. The van der Waals surface area contributed by atoms with Crippen LogP contribution in [0.4, 0.5) is 0 Å². The summed E-state index contributed by atoms with van der Waals surface area (Å²) in [6, 6.07) is 0. The summed E-state index contributed by atoms with van der Waals surface area (Å²) in [5.74, 6) is -0.839. The zero-order valence-electron chi connectivity index (χ0n) is 45.9. The molecule has 0 aliphatic carbocycles. The van der Waals surface area contributed by atoms with Gasteiger partial charge in [-0.25, -0.2) is 4.57 Å². The second-order valence-corrected chi connectivity index (χ2v) is 21.0. The number of allylic oxidation sites excluding steroid dienone is 12. The lowest BCUT2D eigenvalue weighted by atomic mass is 10.0. The van der Waals surface area contributed by atoms with Gasteiger partial charge in [-0.15, -0.1) is 0 Å². The van der Waals surface area contributed by atoms with Crippen molar-refractivity contribution < 1.29 is 37.6 Å². The Kier molecular flexibility index (Phi) is 54.7. The van der Waals surface area contributed by atoms with Crippen molar-refractivity contribution in [3.63, 3.8) is 0 Å². The Bertz CT molecular complexity index is 1390. The number of carbonyl (C=O) groups is 2. The van der Waals surface area contributed by atoms with Gasteiger partial charge in [0.2, 0.25) is 0 Å². The third-order valence-electron chi connectivity index (χ3n) is 12.6. The van der Waals surface area contributed by atoms with Gasteiger partial charge in [-0.3, -0.25) is 18.6 Å². The zero-order chi connectivity index (χ0) is 51.7. The number of carbonyl (C=O) groups excluding carboxylic acids is 2. The van der Waals surface area contributed by atoms with Crippen LogP contribution in [0.1, 0.15) is 271 Å². The summed E-state index contributed by atoms with van der Waals surface area (Å²) in [5, 5.41) is 0. The summed E-state index contributed by atoms with van der Waals surface area (Å²) in [5.41, 5.74) is 5.38. The average molecular weight is 1020 g/mol. The number of nitrogens with two attached hydrogens (primary N) is 1. The summed E-state index contributed by atoms with van der Waals surface area (Å²) >= 11 is 0.